The molecule has 0 spiro atoms. The number of rotatable bonds is 36. The van der Waals surface area contributed by atoms with Crippen LogP contribution in [0.4, 0.5) is 0 Å². The third-order valence-corrected chi connectivity index (χ3v) is 9.08. The fourth-order valence-corrected chi connectivity index (χ4v) is 5.78. The van der Waals surface area contributed by atoms with Crippen LogP contribution in [0.2, 0.25) is 0 Å². The van der Waals surface area contributed by atoms with Crippen LogP contribution in [-0.4, -0.2) is 55.1 Å². The van der Waals surface area contributed by atoms with Crippen molar-refractivity contribution in [3.8, 4) is 0 Å². The van der Waals surface area contributed by atoms with E-state index < -0.39 is 30.9 Å². The molecule has 2 atom stereocenters. The second-order valence-electron chi connectivity index (χ2n) is 13.8. The zero-order chi connectivity index (χ0) is 37.1. The van der Waals surface area contributed by atoms with Crippen LogP contribution in [0.25, 0.3) is 0 Å². The summed E-state index contributed by atoms with van der Waals surface area (Å²) in [5.74, 6) is -1.68. The molecule has 0 rings (SSSR count). The monoisotopic (exact) mass is 711 g/mol. The van der Waals surface area contributed by atoms with Gasteiger partial charge < -0.3 is 18.9 Å². The van der Waals surface area contributed by atoms with Gasteiger partial charge in [0.25, 0.3) is 0 Å². The van der Waals surface area contributed by atoms with E-state index in [4.69, 9.17) is 18.9 Å². The number of esters is 4. The van der Waals surface area contributed by atoms with Crippen LogP contribution < -0.4 is 0 Å². The van der Waals surface area contributed by atoms with Crippen LogP contribution in [0, 0.1) is 0 Å². The van der Waals surface area contributed by atoms with E-state index in [0.29, 0.717) is 25.7 Å². The van der Waals surface area contributed by atoms with Gasteiger partial charge in [0.2, 0.25) is 5.78 Å². The Balaban J connectivity index is 3.76. The Kier molecular flexibility index (Phi) is 33.3. The second-order valence-corrected chi connectivity index (χ2v) is 13.8. The van der Waals surface area contributed by atoms with E-state index in [1.54, 1.807) is 0 Å². The lowest BCUT2D eigenvalue weighted by Gasteiger charge is -2.16. The Morgan fingerprint density at radius 1 is 0.380 bits per heavy atom. The molecular weight excluding hydrogens is 636 g/mol. The highest BCUT2D eigenvalue weighted by Crippen LogP contribution is 2.16. The van der Waals surface area contributed by atoms with Crippen LogP contribution in [0.3, 0.4) is 0 Å². The van der Waals surface area contributed by atoms with Crippen molar-refractivity contribution in [2.24, 2.45) is 0 Å². The number of hydrogen-bond acceptors (Lipinski definition) is 9. The molecule has 50 heavy (non-hydrogen) atoms. The summed E-state index contributed by atoms with van der Waals surface area (Å²) < 4.78 is 21.3. The quantitative estimate of drug-likeness (QED) is 0.0355. The van der Waals surface area contributed by atoms with Crippen LogP contribution in [-0.2, 0) is 42.9 Å². The maximum absolute atomic E-state index is 12.2. The molecule has 9 heteroatoms. The minimum absolute atomic E-state index is 0.00721. The minimum atomic E-state index is -0.465. The average Bonchev–Trinajstić information content (AvgIpc) is 3.11. The standard InChI is InChI=1S/C41H74O9/c1-5-9-11-13-15-21-27-36(7-3)49-40(45)31-25-19-17-23-29-38(43)47-33-35(42)34-48-39(44)30-24-18-20-26-32-41(46)50-37(8-4)28-22-16-14-12-10-6-2/h36-37H,5-34H2,1-4H3. The normalized spacial score (nSPS) is 12.2. The lowest BCUT2D eigenvalue weighted by atomic mass is 10.1. The number of carbonyl (C=O) groups is 5. The first kappa shape index (κ1) is 47.5. The summed E-state index contributed by atoms with van der Waals surface area (Å²) in [7, 11) is 0. The second kappa shape index (κ2) is 35.0. The van der Waals surface area contributed by atoms with Gasteiger partial charge in [-0.2, -0.15) is 0 Å². The number of unbranched alkanes of at least 4 members (excludes halogenated alkanes) is 16. The largest absolute Gasteiger partial charge is 0.462 e. The van der Waals surface area contributed by atoms with Gasteiger partial charge in [-0.1, -0.05) is 118 Å². The Morgan fingerprint density at radius 2 is 0.680 bits per heavy atom. The van der Waals surface area contributed by atoms with Gasteiger partial charge in [-0.3, -0.25) is 24.0 Å². The summed E-state index contributed by atoms with van der Waals surface area (Å²) in [5, 5.41) is 0. The third kappa shape index (κ3) is 31.5. The van der Waals surface area contributed by atoms with Gasteiger partial charge in [0.15, 0.2) is 13.2 Å². The third-order valence-electron chi connectivity index (χ3n) is 9.08. The molecule has 0 aromatic heterocycles. The van der Waals surface area contributed by atoms with Gasteiger partial charge in [-0.25, -0.2) is 0 Å². The van der Waals surface area contributed by atoms with Crippen molar-refractivity contribution in [1.82, 2.24) is 0 Å². The number of Topliss-reactive ketones (excluding diaryl/α,β-unsaturated/α-hetero) is 1. The minimum Gasteiger partial charge on any atom is -0.462 e. The SMILES string of the molecule is CCCCCCCCC(CC)OC(=O)CCCCCCC(=O)OCC(=O)COC(=O)CCCCCCC(=O)OC(CC)CCCCCCCC. The molecular formula is C41H74O9. The molecule has 0 N–H and O–H groups in total. The number of hydrogen-bond donors (Lipinski definition) is 0. The van der Waals surface area contributed by atoms with Gasteiger partial charge in [-0.15, -0.1) is 0 Å². The smallest absolute Gasteiger partial charge is 0.306 e. The van der Waals surface area contributed by atoms with E-state index in [-0.39, 0.29) is 37.0 Å². The first-order valence-electron chi connectivity index (χ1n) is 20.5. The van der Waals surface area contributed by atoms with Crippen molar-refractivity contribution in [2.45, 2.75) is 220 Å². The van der Waals surface area contributed by atoms with Crippen molar-refractivity contribution in [2.75, 3.05) is 13.2 Å². The molecule has 0 saturated heterocycles. The number of ketones is 1. The molecule has 0 heterocycles. The highest BCUT2D eigenvalue weighted by molar-refractivity contribution is 5.85. The Bertz CT molecular complexity index is 804. The molecule has 2 unspecified atom stereocenters. The van der Waals surface area contributed by atoms with Crippen molar-refractivity contribution >= 4 is 29.7 Å². The van der Waals surface area contributed by atoms with Crippen molar-refractivity contribution in [3.05, 3.63) is 0 Å². The molecule has 0 aliphatic carbocycles. The molecule has 0 fully saturated rings. The topological polar surface area (TPSA) is 122 Å². The Morgan fingerprint density at radius 3 is 1.02 bits per heavy atom. The van der Waals surface area contributed by atoms with Gasteiger partial charge in [-0.05, 0) is 64.2 Å². The molecule has 0 bridgehead atoms. The van der Waals surface area contributed by atoms with E-state index in [0.717, 1.165) is 77.0 Å². The average molecular weight is 711 g/mol. The molecule has 0 aromatic carbocycles. The van der Waals surface area contributed by atoms with Gasteiger partial charge in [0.1, 0.15) is 12.2 Å². The molecule has 0 saturated carbocycles. The maximum Gasteiger partial charge on any atom is 0.306 e. The van der Waals surface area contributed by atoms with E-state index in [1.165, 1.54) is 64.2 Å². The van der Waals surface area contributed by atoms with Crippen LogP contribution in [0.5, 0.6) is 0 Å². The van der Waals surface area contributed by atoms with Crippen LogP contribution in [0.1, 0.15) is 207 Å². The summed E-state index contributed by atoms with van der Waals surface area (Å²) in [4.78, 5) is 60.3. The highest BCUT2D eigenvalue weighted by Gasteiger charge is 2.15. The molecule has 9 nitrogen and oxygen atoms in total. The molecule has 0 radical (unpaired) electrons. The predicted octanol–water partition coefficient (Wildman–Crippen LogP) is 10.5. The molecule has 0 aliphatic rings. The van der Waals surface area contributed by atoms with Crippen molar-refractivity contribution in [1.29, 1.82) is 0 Å². The Hall–Kier alpha value is -2.45. The summed E-state index contributed by atoms with van der Waals surface area (Å²) in [6.45, 7) is 7.71. The zero-order valence-corrected chi connectivity index (χ0v) is 32.5. The summed E-state index contributed by atoms with van der Waals surface area (Å²) in [5.41, 5.74) is 0. The molecule has 0 aliphatic heterocycles. The molecule has 0 amide bonds. The first-order chi connectivity index (χ1) is 24.2. The van der Waals surface area contributed by atoms with Crippen molar-refractivity contribution in [3.63, 3.8) is 0 Å². The van der Waals surface area contributed by atoms with Crippen LogP contribution in [0.15, 0.2) is 0 Å². The lowest BCUT2D eigenvalue weighted by Crippen LogP contribution is -2.20. The van der Waals surface area contributed by atoms with Crippen LogP contribution >= 0.6 is 0 Å². The van der Waals surface area contributed by atoms with E-state index in [9.17, 15) is 24.0 Å². The fourth-order valence-electron chi connectivity index (χ4n) is 5.78. The lowest BCUT2D eigenvalue weighted by molar-refractivity contribution is -0.153. The van der Waals surface area contributed by atoms with Gasteiger partial charge in [0.05, 0.1) is 0 Å². The van der Waals surface area contributed by atoms with Crippen molar-refractivity contribution < 1.29 is 42.9 Å². The Labute approximate surface area is 305 Å². The summed E-state index contributed by atoms with van der Waals surface area (Å²) in [6.07, 6.45) is 25.3. The fraction of sp³-hybridized carbons (Fsp3) is 0.878. The summed E-state index contributed by atoms with van der Waals surface area (Å²) in [6, 6.07) is 0. The van der Waals surface area contributed by atoms with Gasteiger partial charge >= 0.3 is 23.9 Å². The maximum atomic E-state index is 12.2. The predicted molar refractivity (Wildman–Crippen MR) is 199 cm³/mol. The first-order valence-corrected chi connectivity index (χ1v) is 20.5. The zero-order valence-electron chi connectivity index (χ0n) is 32.5. The van der Waals surface area contributed by atoms with E-state index >= 15 is 0 Å². The van der Waals surface area contributed by atoms with Gasteiger partial charge in [0, 0.05) is 25.7 Å². The summed E-state index contributed by atoms with van der Waals surface area (Å²) >= 11 is 0. The van der Waals surface area contributed by atoms with E-state index in [1.807, 2.05) is 0 Å². The number of ether oxygens (including phenoxy) is 4. The van der Waals surface area contributed by atoms with E-state index in [2.05, 4.69) is 27.7 Å². The highest BCUT2D eigenvalue weighted by atomic mass is 16.6. The molecule has 0 aromatic rings. The number of carbonyl (C=O) groups excluding carboxylic acids is 5. The molecule has 292 valence electrons.